The standard InChI is InChI=1S/C17H18Cl2N2O/c1-3-21(13-7-4-6-12(2)10-13)11-16(22)20-15-9-5-8-14(18)17(15)19/h4-10H,3,11H2,1-2H3,(H,20,22). The summed E-state index contributed by atoms with van der Waals surface area (Å²) in [6, 6.07) is 13.2. The van der Waals surface area contributed by atoms with Crippen LogP contribution in [-0.4, -0.2) is 19.0 Å². The Morgan fingerprint density at radius 1 is 1.18 bits per heavy atom. The van der Waals surface area contributed by atoms with E-state index in [4.69, 9.17) is 23.2 Å². The zero-order valence-electron chi connectivity index (χ0n) is 12.6. The molecule has 1 amide bonds. The van der Waals surface area contributed by atoms with Crippen molar-refractivity contribution in [3.8, 4) is 0 Å². The van der Waals surface area contributed by atoms with Crippen LogP contribution in [0.15, 0.2) is 42.5 Å². The minimum Gasteiger partial charge on any atom is -0.362 e. The van der Waals surface area contributed by atoms with Crippen molar-refractivity contribution in [2.24, 2.45) is 0 Å². The van der Waals surface area contributed by atoms with E-state index < -0.39 is 0 Å². The van der Waals surface area contributed by atoms with E-state index in [1.165, 1.54) is 0 Å². The number of halogens is 2. The fourth-order valence-electron chi connectivity index (χ4n) is 2.17. The topological polar surface area (TPSA) is 32.3 Å². The first kappa shape index (κ1) is 16.7. The average Bonchev–Trinajstić information content (AvgIpc) is 2.49. The molecule has 116 valence electrons. The number of benzene rings is 2. The lowest BCUT2D eigenvalue weighted by Crippen LogP contribution is -2.33. The van der Waals surface area contributed by atoms with Gasteiger partial charge in [-0.25, -0.2) is 0 Å². The first-order valence-corrected chi connectivity index (χ1v) is 7.82. The van der Waals surface area contributed by atoms with Gasteiger partial charge in [-0.2, -0.15) is 0 Å². The summed E-state index contributed by atoms with van der Waals surface area (Å²) in [5, 5.41) is 3.58. The monoisotopic (exact) mass is 336 g/mol. The number of nitrogens with one attached hydrogen (secondary N) is 1. The van der Waals surface area contributed by atoms with Gasteiger partial charge in [-0.3, -0.25) is 4.79 Å². The summed E-state index contributed by atoms with van der Waals surface area (Å²) < 4.78 is 0. The van der Waals surface area contributed by atoms with Gasteiger partial charge >= 0.3 is 0 Å². The van der Waals surface area contributed by atoms with Gasteiger partial charge in [0, 0.05) is 12.2 Å². The molecule has 0 aliphatic carbocycles. The van der Waals surface area contributed by atoms with Crippen molar-refractivity contribution in [1.29, 1.82) is 0 Å². The molecule has 22 heavy (non-hydrogen) atoms. The lowest BCUT2D eigenvalue weighted by Gasteiger charge is -2.23. The third-order valence-electron chi connectivity index (χ3n) is 3.31. The maximum atomic E-state index is 12.2. The highest BCUT2D eigenvalue weighted by Gasteiger charge is 2.12. The van der Waals surface area contributed by atoms with E-state index in [1.54, 1.807) is 18.2 Å². The zero-order valence-corrected chi connectivity index (χ0v) is 14.1. The number of hydrogen-bond acceptors (Lipinski definition) is 2. The highest BCUT2D eigenvalue weighted by molar-refractivity contribution is 6.44. The molecule has 0 aliphatic heterocycles. The van der Waals surface area contributed by atoms with Crippen molar-refractivity contribution >= 4 is 40.5 Å². The molecule has 0 spiro atoms. The third kappa shape index (κ3) is 4.15. The molecule has 0 unspecified atom stereocenters. The third-order valence-corrected chi connectivity index (χ3v) is 4.13. The molecular formula is C17H18Cl2N2O. The number of likely N-dealkylation sites (N-methyl/N-ethyl adjacent to an activating group) is 1. The van der Waals surface area contributed by atoms with Crippen LogP contribution >= 0.6 is 23.2 Å². The maximum Gasteiger partial charge on any atom is 0.243 e. The fraction of sp³-hybridized carbons (Fsp3) is 0.235. The number of rotatable bonds is 5. The van der Waals surface area contributed by atoms with Gasteiger partial charge in [0.2, 0.25) is 5.91 Å². The molecule has 2 aromatic rings. The van der Waals surface area contributed by atoms with Crippen molar-refractivity contribution in [3.63, 3.8) is 0 Å². The molecule has 0 atom stereocenters. The Morgan fingerprint density at radius 3 is 2.59 bits per heavy atom. The van der Waals surface area contributed by atoms with Crippen molar-refractivity contribution in [1.82, 2.24) is 0 Å². The molecule has 2 aromatic carbocycles. The van der Waals surface area contributed by atoms with Gasteiger partial charge in [0.15, 0.2) is 0 Å². The highest BCUT2D eigenvalue weighted by atomic mass is 35.5. The van der Waals surface area contributed by atoms with E-state index in [0.29, 0.717) is 15.7 Å². The Labute approximate surface area is 140 Å². The fourth-order valence-corrected chi connectivity index (χ4v) is 2.52. The molecule has 0 fully saturated rings. The van der Waals surface area contributed by atoms with E-state index in [2.05, 4.69) is 11.4 Å². The zero-order chi connectivity index (χ0) is 16.1. The van der Waals surface area contributed by atoms with Crippen LogP contribution < -0.4 is 10.2 Å². The summed E-state index contributed by atoms with van der Waals surface area (Å²) in [6.07, 6.45) is 0. The molecule has 5 heteroatoms. The van der Waals surface area contributed by atoms with Gasteiger partial charge in [0.05, 0.1) is 22.3 Å². The summed E-state index contributed by atoms with van der Waals surface area (Å²) in [5.74, 6) is -0.132. The predicted octanol–water partition coefficient (Wildman–Crippen LogP) is 4.77. The van der Waals surface area contributed by atoms with Crippen molar-refractivity contribution in [2.75, 3.05) is 23.3 Å². The normalized spacial score (nSPS) is 10.4. The molecule has 0 saturated carbocycles. The van der Waals surface area contributed by atoms with Crippen LogP contribution in [-0.2, 0) is 4.79 Å². The van der Waals surface area contributed by atoms with Crippen LogP contribution in [0.3, 0.4) is 0 Å². The van der Waals surface area contributed by atoms with Gasteiger partial charge in [-0.05, 0) is 43.7 Å². The second kappa shape index (κ2) is 7.52. The molecule has 0 heterocycles. The Bertz CT molecular complexity index is 673. The van der Waals surface area contributed by atoms with Gasteiger partial charge < -0.3 is 10.2 Å². The first-order valence-electron chi connectivity index (χ1n) is 7.06. The molecule has 0 bridgehead atoms. The molecule has 0 saturated heterocycles. The number of hydrogen-bond donors (Lipinski definition) is 1. The van der Waals surface area contributed by atoms with Crippen molar-refractivity contribution in [2.45, 2.75) is 13.8 Å². The van der Waals surface area contributed by atoms with Crippen LogP contribution in [0.4, 0.5) is 11.4 Å². The van der Waals surface area contributed by atoms with E-state index >= 15 is 0 Å². The van der Waals surface area contributed by atoms with Gasteiger partial charge in [0.25, 0.3) is 0 Å². The molecule has 2 rings (SSSR count). The van der Waals surface area contributed by atoms with Crippen LogP contribution in [0.25, 0.3) is 0 Å². The van der Waals surface area contributed by atoms with Crippen LogP contribution in [0.5, 0.6) is 0 Å². The Kier molecular flexibility index (Phi) is 5.69. The summed E-state index contributed by atoms with van der Waals surface area (Å²) in [5.41, 5.74) is 2.71. The highest BCUT2D eigenvalue weighted by Crippen LogP contribution is 2.29. The molecule has 3 nitrogen and oxygen atoms in total. The number of amides is 1. The summed E-state index contributed by atoms with van der Waals surface area (Å²) in [4.78, 5) is 14.2. The van der Waals surface area contributed by atoms with Crippen LogP contribution in [0.1, 0.15) is 12.5 Å². The van der Waals surface area contributed by atoms with Crippen LogP contribution in [0.2, 0.25) is 10.0 Å². The van der Waals surface area contributed by atoms with Gasteiger partial charge in [-0.15, -0.1) is 0 Å². The average molecular weight is 337 g/mol. The predicted molar refractivity (Wildman–Crippen MR) is 94.2 cm³/mol. The number of anilines is 2. The van der Waals surface area contributed by atoms with E-state index in [9.17, 15) is 4.79 Å². The van der Waals surface area contributed by atoms with Gasteiger partial charge in [-0.1, -0.05) is 41.4 Å². The molecular weight excluding hydrogens is 319 g/mol. The number of aryl methyl sites for hydroxylation is 1. The Morgan fingerprint density at radius 2 is 1.91 bits per heavy atom. The minimum absolute atomic E-state index is 0.132. The van der Waals surface area contributed by atoms with E-state index in [1.807, 2.05) is 36.9 Å². The SMILES string of the molecule is CCN(CC(=O)Nc1cccc(Cl)c1Cl)c1cccc(C)c1. The first-order chi connectivity index (χ1) is 10.5. The maximum absolute atomic E-state index is 12.2. The van der Waals surface area contributed by atoms with E-state index in [-0.39, 0.29) is 12.5 Å². The Balaban J connectivity index is 2.08. The largest absolute Gasteiger partial charge is 0.362 e. The quantitative estimate of drug-likeness (QED) is 0.853. The molecule has 1 N–H and O–H groups in total. The Hall–Kier alpha value is -1.71. The smallest absolute Gasteiger partial charge is 0.243 e. The van der Waals surface area contributed by atoms with E-state index in [0.717, 1.165) is 17.8 Å². The van der Waals surface area contributed by atoms with Gasteiger partial charge in [0.1, 0.15) is 0 Å². The lowest BCUT2D eigenvalue weighted by molar-refractivity contribution is -0.115. The second-order valence-corrected chi connectivity index (χ2v) is 5.79. The van der Waals surface area contributed by atoms with Crippen molar-refractivity contribution in [3.05, 3.63) is 58.1 Å². The summed E-state index contributed by atoms with van der Waals surface area (Å²) >= 11 is 12.0. The molecule has 0 radical (unpaired) electrons. The molecule has 0 aliphatic rings. The summed E-state index contributed by atoms with van der Waals surface area (Å²) in [6.45, 7) is 5.04. The second-order valence-electron chi connectivity index (χ2n) is 5.00. The lowest BCUT2D eigenvalue weighted by atomic mass is 10.2. The van der Waals surface area contributed by atoms with Crippen molar-refractivity contribution < 1.29 is 4.79 Å². The van der Waals surface area contributed by atoms with Crippen LogP contribution in [0, 0.1) is 6.92 Å². The minimum atomic E-state index is -0.132. The number of carbonyl (C=O) groups is 1. The summed E-state index contributed by atoms with van der Waals surface area (Å²) in [7, 11) is 0. The number of carbonyl (C=O) groups excluding carboxylic acids is 1. The molecule has 0 aromatic heterocycles. The number of nitrogens with zero attached hydrogens (tertiary/aromatic N) is 1.